The molecular formula is C22H23FN2O. The summed E-state index contributed by atoms with van der Waals surface area (Å²) in [6.45, 7) is 0. The molecule has 3 nitrogen and oxygen atoms in total. The zero-order valence-corrected chi connectivity index (χ0v) is 14.7. The van der Waals surface area contributed by atoms with Crippen molar-refractivity contribution in [2.24, 2.45) is 22.9 Å². The SMILES string of the molecule is ON=C1CC2CCCCC2C1C=Cc1ccc(-c2cccc(F)c2)cn1. The van der Waals surface area contributed by atoms with Gasteiger partial charge in [0.05, 0.1) is 11.4 Å². The van der Waals surface area contributed by atoms with Gasteiger partial charge in [-0.1, -0.05) is 42.3 Å². The molecule has 2 aromatic rings. The van der Waals surface area contributed by atoms with Crippen LogP contribution in [0.15, 0.2) is 53.8 Å². The van der Waals surface area contributed by atoms with Crippen LogP contribution in [-0.2, 0) is 0 Å². The first-order valence-electron chi connectivity index (χ1n) is 9.35. The van der Waals surface area contributed by atoms with E-state index in [1.54, 1.807) is 12.3 Å². The van der Waals surface area contributed by atoms with Crippen LogP contribution in [-0.4, -0.2) is 15.9 Å². The van der Waals surface area contributed by atoms with Gasteiger partial charge in [-0.3, -0.25) is 4.98 Å². The standard InChI is InChI=1S/C22H23FN2O/c23-18-6-3-5-15(12-18)17-8-9-19(24-14-17)10-11-21-20-7-2-1-4-16(20)13-22(21)25-26/h3,5-6,8-12,14,16,20-21,26H,1-2,4,7,13H2. The Balaban J connectivity index is 1.51. The molecule has 1 aromatic heterocycles. The molecule has 2 aliphatic carbocycles. The van der Waals surface area contributed by atoms with Gasteiger partial charge in [-0.05, 0) is 60.9 Å². The highest BCUT2D eigenvalue weighted by atomic mass is 19.1. The maximum Gasteiger partial charge on any atom is 0.123 e. The van der Waals surface area contributed by atoms with Crippen molar-refractivity contribution in [2.45, 2.75) is 32.1 Å². The van der Waals surface area contributed by atoms with Crippen LogP contribution in [0.4, 0.5) is 4.39 Å². The minimum absolute atomic E-state index is 0.218. The van der Waals surface area contributed by atoms with Gasteiger partial charge < -0.3 is 5.21 Å². The van der Waals surface area contributed by atoms with Crippen LogP contribution in [0.5, 0.6) is 0 Å². The molecule has 1 heterocycles. The number of allylic oxidation sites excluding steroid dienone is 1. The van der Waals surface area contributed by atoms with E-state index in [1.165, 1.54) is 37.8 Å². The van der Waals surface area contributed by atoms with Gasteiger partial charge in [0.2, 0.25) is 0 Å². The summed E-state index contributed by atoms with van der Waals surface area (Å²) in [6.07, 6.45) is 11.9. The van der Waals surface area contributed by atoms with Crippen molar-refractivity contribution >= 4 is 11.8 Å². The smallest absolute Gasteiger partial charge is 0.123 e. The van der Waals surface area contributed by atoms with Crippen LogP contribution in [0, 0.1) is 23.6 Å². The molecule has 0 amide bonds. The van der Waals surface area contributed by atoms with Crippen LogP contribution in [0.25, 0.3) is 17.2 Å². The molecule has 3 atom stereocenters. The molecule has 4 rings (SSSR count). The molecule has 1 N–H and O–H groups in total. The number of nitrogens with zero attached hydrogens (tertiary/aromatic N) is 2. The highest BCUT2D eigenvalue weighted by Crippen LogP contribution is 2.45. The number of hydrogen-bond acceptors (Lipinski definition) is 3. The molecule has 2 aliphatic rings. The van der Waals surface area contributed by atoms with Crippen LogP contribution in [0.2, 0.25) is 0 Å². The van der Waals surface area contributed by atoms with Gasteiger partial charge in [-0.15, -0.1) is 0 Å². The summed E-state index contributed by atoms with van der Waals surface area (Å²) in [7, 11) is 0. The van der Waals surface area contributed by atoms with E-state index in [0.29, 0.717) is 11.8 Å². The molecule has 0 spiro atoms. The zero-order valence-electron chi connectivity index (χ0n) is 14.7. The van der Waals surface area contributed by atoms with Gasteiger partial charge in [0.25, 0.3) is 0 Å². The zero-order chi connectivity index (χ0) is 17.9. The monoisotopic (exact) mass is 350 g/mol. The fourth-order valence-electron chi connectivity index (χ4n) is 4.52. The normalized spacial score (nSPS) is 27.1. The van der Waals surface area contributed by atoms with Gasteiger partial charge in [-0.2, -0.15) is 0 Å². The molecule has 134 valence electrons. The first kappa shape index (κ1) is 17.0. The van der Waals surface area contributed by atoms with E-state index in [1.807, 2.05) is 24.3 Å². The number of rotatable bonds is 3. The number of halogens is 1. The van der Waals surface area contributed by atoms with E-state index in [9.17, 15) is 9.60 Å². The Kier molecular flexibility index (Phi) is 4.83. The first-order chi connectivity index (χ1) is 12.7. The van der Waals surface area contributed by atoms with E-state index in [0.717, 1.165) is 29.0 Å². The maximum absolute atomic E-state index is 13.4. The summed E-state index contributed by atoms with van der Waals surface area (Å²) in [5.74, 6) is 1.23. The molecule has 1 aromatic carbocycles. The minimum Gasteiger partial charge on any atom is -0.411 e. The van der Waals surface area contributed by atoms with E-state index in [-0.39, 0.29) is 11.7 Å². The molecule has 0 aliphatic heterocycles. The van der Waals surface area contributed by atoms with Gasteiger partial charge >= 0.3 is 0 Å². The van der Waals surface area contributed by atoms with Crippen molar-refractivity contribution in [3.63, 3.8) is 0 Å². The fraction of sp³-hybridized carbons (Fsp3) is 0.364. The topological polar surface area (TPSA) is 45.5 Å². The first-order valence-corrected chi connectivity index (χ1v) is 9.35. The number of aromatic nitrogens is 1. The lowest BCUT2D eigenvalue weighted by Gasteiger charge is -2.27. The predicted molar refractivity (Wildman–Crippen MR) is 101 cm³/mol. The summed E-state index contributed by atoms with van der Waals surface area (Å²) in [6, 6.07) is 10.4. The van der Waals surface area contributed by atoms with E-state index in [4.69, 9.17) is 0 Å². The number of benzene rings is 1. The Bertz CT molecular complexity index is 828. The lowest BCUT2D eigenvalue weighted by Crippen LogP contribution is -2.19. The second kappa shape index (κ2) is 7.40. The molecule has 3 unspecified atom stereocenters. The summed E-state index contributed by atoms with van der Waals surface area (Å²) >= 11 is 0. The maximum atomic E-state index is 13.4. The molecule has 0 radical (unpaired) electrons. The van der Waals surface area contributed by atoms with E-state index < -0.39 is 0 Å². The second-order valence-electron chi connectivity index (χ2n) is 7.37. The number of oxime groups is 1. The Morgan fingerprint density at radius 3 is 2.77 bits per heavy atom. The van der Waals surface area contributed by atoms with Crippen molar-refractivity contribution in [3.8, 4) is 11.1 Å². The lowest BCUT2D eigenvalue weighted by molar-refractivity contribution is 0.252. The fourth-order valence-corrected chi connectivity index (χ4v) is 4.52. The van der Waals surface area contributed by atoms with Crippen LogP contribution in [0.1, 0.15) is 37.8 Å². The van der Waals surface area contributed by atoms with Gasteiger partial charge in [0.15, 0.2) is 0 Å². The highest BCUT2D eigenvalue weighted by molar-refractivity contribution is 5.91. The summed E-state index contributed by atoms with van der Waals surface area (Å²) in [5.41, 5.74) is 3.49. The average Bonchev–Trinajstić information content (AvgIpc) is 3.04. The molecule has 4 heteroatoms. The number of hydrogen-bond donors (Lipinski definition) is 1. The third-order valence-electron chi connectivity index (χ3n) is 5.83. The van der Waals surface area contributed by atoms with Crippen molar-refractivity contribution in [3.05, 3.63) is 60.2 Å². The van der Waals surface area contributed by atoms with Crippen LogP contribution >= 0.6 is 0 Å². The Morgan fingerprint density at radius 1 is 1.12 bits per heavy atom. The van der Waals surface area contributed by atoms with E-state index >= 15 is 0 Å². The highest BCUT2D eigenvalue weighted by Gasteiger charge is 2.40. The van der Waals surface area contributed by atoms with Crippen molar-refractivity contribution in [2.75, 3.05) is 0 Å². The Labute approximate surface area is 153 Å². The van der Waals surface area contributed by atoms with Gasteiger partial charge in [0.1, 0.15) is 5.82 Å². The van der Waals surface area contributed by atoms with Crippen molar-refractivity contribution < 1.29 is 9.60 Å². The van der Waals surface area contributed by atoms with Gasteiger partial charge in [-0.25, -0.2) is 4.39 Å². The summed E-state index contributed by atoms with van der Waals surface area (Å²) in [4.78, 5) is 4.49. The average molecular weight is 350 g/mol. The number of pyridine rings is 1. The number of fused-ring (bicyclic) bond motifs is 1. The predicted octanol–water partition coefficient (Wildman–Crippen LogP) is 5.56. The lowest BCUT2D eigenvalue weighted by atomic mass is 9.78. The minimum atomic E-state index is -0.245. The third-order valence-corrected chi connectivity index (χ3v) is 5.83. The molecule has 0 bridgehead atoms. The molecule has 0 saturated heterocycles. The molecule has 2 fully saturated rings. The van der Waals surface area contributed by atoms with Crippen LogP contribution < -0.4 is 0 Å². The van der Waals surface area contributed by atoms with Crippen molar-refractivity contribution in [1.82, 2.24) is 4.98 Å². The third kappa shape index (κ3) is 3.41. The summed E-state index contributed by atoms with van der Waals surface area (Å²) in [5, 5.41) is 13.0. The van der Waals surface area contributed by atoms with E-state index in [2.05, 4.69) is 16.2 Å². The Morgan fingerprint density at radius 2 is 2.00 bits per heavy atom. The molecular weight excluding hydrogens is 327 g/mol. The molecule has 26 heavy (non-hydrogen) atoms. The Hall–Kier alpha value is -2.49. The summed E-state index contributed by atoms with van der Waals surface area (Å²) < 4.78 is 13.4. The molecule has 2 saturated carbocycles. The second-order valence-corrected chi connectivity index (χ2v) is 7.37. The van der Waals surface area contributed by atoms with Gasteiger partial charge in [0, 0.05) is 17.7 Å². The largest absolute Gasteiger partial charge is 0.411 e. The quantitative estimate of drug-likeness (QED) is 0.582. The van der Waals surface area contributed by atoms with Crippen molar-refractivity contribution in [1.29, 1.82) is 0 Å². The van der Waals surface area contributed by atoms with Crippen LogP contribution in [0.3, 0.4) is 0 Å².